The summed E-state index contributed by atoms with van der Waals surface area (Å²) in [7, 11) is 1.17. The predicted molar refractivity (Wildman–Crippen MR) is 49.3 cm³/mol. The van der Waals surface area contributed by atoms with E-state index in [0.717, 1.165) is 6.47 Å². The topological polar surface area (TPSA) is 86.7 Å². The molecule has 0 amide bonds. The van der Waals surface area contributed by atoms with Crippen molar-refractivity contribution in [3.05, 3.63) is 0 Å². The second kappa shape index (κ2) is 16.8. The van der Waals surface area contributed by atoms with Gasteiger partial charge in [0.15, 0.2) is 5.78 Å². The third-order valence-corrected chi connectivity index (χ3v) is 1.01. The van der Waals surface area contributed by atoms with E-state index in [1.165, 1.54) is 7.11 Å². The first-order valence-electron chi connectivity index (χ1n) is 4.04. The van der Waals surface area contributed by atoms with Gasteiger partial charge in [0, 0.05) is 32.7 Å². The molecular weight excluding hydrogens is 293 g/mol. The molecule has 0 aliphatic rings. The molecule has 0 rings (SSSR count). The third-order valence-electron chi connectivity index (χ3n) is 1.01. The number of hydrogen-bond donors (Lipinski definition) is 0. The molecule has 6 nitrogen and oxygen atoms in total. The van der Waals surface area contributed by atoms with Crippen molar-refractivity contribution in [1.29, 1.82) is 0 Å². The van der Waals surface area contributed by atoms with Gasteiger partial charge in [-0.1, -0.05) is 13.4 Å². The van der Waals surface area contributed by atoms with Crippen LogP contribution < -0.4 is 0 Å². The van der Waals surface area contributed by atoms with Gasteiger partial charge in [0.1, 0.15) is 13.0 Å². The first kappa shape index (κ1) is 20.8. The van der Waals surface area contributed by atoms with Gasteiger partial charge in [0.2, 0.25) is 0 Å². The molecule has 0 aromatic rings. The Morgan fingerprint density at radius 1 is 1.25 bits per heavy atom. The van der Waals surface area contributed by atoms with Crippen LogP contribution in [0.1, 0.15) is 19.8 Å². The average Bonchev–Trinajstić information content (AvgIpc) is 2.26. The molecule has 0 aromatic heterocycles. The fourth-order valence-electron chi connectivity index (χ4n) is 0.394. The minimum absolute atomic E-state index is 0. The van der Waals surface area contributed by atoms with Gasteiger partial charge < -0.3 is 19.1 Å². The Labute approximate surface area is 119 Å². The standard InChI is InChI=1S/C6H7O5.C3H5O.Y/c1-10-6(9)2-5(8)3-11-4-7;1-2-3-4;/h2-3H2,1H3;2H2,1H3;/q2*-1;. The van der Waals surface area contributed by atoms with Crippen LogP contribution in [0.4, 0.5) is 0 Å². The summed E-state index contributed by atoms with van der Waals surface area (Å²) >= 11 is 0. The van der Waals surface area contributed by atoms with E-state index < -0.39 is 18.4 Å². The number of Topliss-reactive ketones (excluding diaryl/α,β-unsaturated/α-hetero) is 1. The van der Waals surface area contributed by atoms with Crippen molar-refractivity contribution < 1.29 is 61.4 Å². The van der Waals surface area contributed by atoms with Crippen molar-refractivity contribution in [1.82, 2.24) is 0 Å². The van der Waals surface area contributed by atoms with Crippen molar-refractivity contribution in [2.75, 3.05) is 13.7 Å². The molecule has 16 heavy (non-hydrogen) atoms. The maximum atomic E-state index is 10.6. The monoisotopic (exact) mass is 305 g/mol. The molecule has 0 saturated carbocycles. The van der Waals surface area contributed by atoms with Gasteiger partial charge in [-0.25, -0.2) is 0 Å². The van der Waals surface area contributed by atoms with E-state index in [0.29, 0.717) is 6.42 Å². The van der Waals surface area contributed by atoms with Crippen LogP contribution in [-0.2, 0) is 61.4 Å². The fourth-order valence-corrected chi connectivity index (χ4v) is 0.394. The summed E-state index contributed by atoms with van der Waals surface area (Å²) in [5.41, 5.74) is 0. The summed E-state index contributed by atoms with van der Waals surface area (Å²) in [5, 5.41) is 0. The van der Waals surface area contributed by atoms with Gasteiger partial charge in [-0.3, -0.25) is 15.9 Å². The molecule has 0 N–H and O–H groups in total. The number of carbonyl (C=O) groups excluding carboxylic acids is 4. The number of ether oxygens (including phenoxy) is 2. The maximum absolute atomic E-state index is 10.6. The molecule has 0 fully saturated rings. The number of esters is 1. The summed E-state index contributed by atoms with van der Waals surface area (Å²) in [6, 6.07) is 0. The van der Waals surface area contributed by atoms with Gasteiger partial charge in [-0.15, -0.1) is 0 Å². The SMILES string of the molecule is CC[C-]=O.COC(=O)CC(=O)CO[C-]=O.[Y]. The van der Waals surface area contributed by atoms with Crippen molar-refractivity contribution in [3.8, 4) is 0 Å². The van der Waals surface area contributed by atoms with Crippen LogP contribution >= 0.6 is 0 Å². The van der Waals surface area contributed by atoms with E-state index in [1.54, 1.807) is 13.2 Å². The van der Waals surface area contributed by atoms with Crippen molar-refractivity contribution in [3.63, 3.8) is 0 Å². The summed E-state index contributed by atoms with van der Waals surface area (Å²) in [4.78, 5) is 39.5. The number of methoxy groups -OCH3 is 1. The molecule has 7 heteroatoms. The molecule has 0 spiro atoms. The van der Waals surface area contributed by atoms with E-state index in [1.807, 2.05) is 0 Å². The number of ketones is 1. The van der Waals surface area contributed by atoms with Gasteiger partial charge in [0.25, 0.3) is 0 Å². The Kier molecular flexibility index (Phi) is 21.8. The predicted octanol–water partition coefficient (Wildman–Crippen LogP) is -0.294. The molecule has 0 saturated heterocycles. The number of rotatable bonds is 6. The van der Waals surface area contributed by atoms with E-state index in [9.17, 15) is 14.4 Å². The van der Waals surface area contributed by atoms with Gasteiger partial charge in [-0.05, 0) is 0 Å². The average molecular weight is 305 g/mol. The van der Waals surface area contributed by atoms with E-state index in [-0.39, 0.29) is 39.1 Å². The Morgan fingerprint density at radius 2 is 1.75 bits per heavy atom. The Morgan fingerprint density at radius 3 is 2.06 bits per heavy atom. The van der Waals surface area contributed by atoms with Crippen LogP contribution in [0, 0.1) is 0 Å². The van der Waals surface area contributed by atoms with Crippen LogP contribution in [0.15, 0.2) is 0 Å². The van der Waals surface area contributed by atoms with Crippen LogP contribution in [0.3, 0.4) is 0 Å². The Bertz CT molecular complexity index is 216. The molecular formula is C9H12O6Y-2. The van der Waals surface area contributed by atoms with E-state index in [2.05, 4.69) is 9.47 Å². The smallest absolute Gasteiger partial charge is 0.313 e. The normalized spacial score (nSPS) is 7.38. The van der Waals surface area contributed by atoms with Crippen LogP contribution in [0.25, 0.3) is 0 Å². The van der Waals surface area contributed by atoms with Crippen molar-refractivity contribution >= 4 is 24.5 Å². The Balaban J connectivity index is -0.000000292. The van der Waals surface area contributed by atoms with Crippen molar-refractivity contribution in [2.24, 2.45) is 0 Å². The van der Waals surface area contributed by atoms with Gasteiger partial charge in [0.05, 0.1) is 7.11 Å². The van der Waals surface area contributed by atoms with E-state index >= 15 is 0 Å². The van der Waals surface area contributed by atoms with Crippen LogP contribution in [0.5, 0.6) is 0 Å². The summed E-state index contributed by atoms with van der Waals surface area (Å²) < 4.78 is 8.16. The first-order valence-corrected chi connectivity index (χ1v) is 4.04. The maximum Gasteiger partial charge on any atom is 0.313 e. The third kappa shape index (κ3) is 19.0. The summed E-state index contributed by atoms with van der Waals surface area (Å²) in [5.74, 6) is -1.16. The van der Waals surface area contributed by atoms with E-state index in [4.69, 9.17) is 4.79 Å². The van der Waals surface area contributed by atoms with Crippen LogP contribution in [-0.4, -0.2) is 38.2 Å². The first-order chi connectivity index (χ1) is 7.12. The summed E-state index contributed by atoms with van der Waals surface area (Å²) in [6.07, 6.45) is 1.82. The molecule has 0 aliphatic heterocycles. The zero-order chi connectivity index (χ0) is 12.1. The molecule has 0 aromatic carbocycles. The zero-order valence-corrected chi connectivity index (χ0v) is 12.0. The van der Waals surface area contributed by atoms with Crippen molar-refractivity contribution in [2.45, 2.75) is 19.8 Å². The molecule has 0 aliphatic carbocycles. The molecule has 89 valence electrons. The number of hydrogen-bond acceptors (Lipinski definition) is 6. The quantitative estimate of drug-likeness (QED) is 0.381. The molecule has 1 radical (unpaired) electrons. The van der Waals surface area contributed by atoms with Crippen LogP contribution in [0.2, 0.25) is 0 Å². The molecule has 0 atom stereocenters. The molecule has 0 unspecified atom stereocenters. The number of carbonyl (C=O) groups is 2. The molecule has 0 heterocycles. The largest absolute Gasteiger partial charge is 0.648 e. The minimum atomic E-state index is -0.649. The van der Waals surface area contributed by atoms with Gasteiger partial charge in [-0.2, -0.15) is 6.42 Å². The molecule has 0 bridgehead atoms. The zero-order valence-electron chi connectivity index (χ0n) is 9.15. The Hall–Kier alpha value is -0.616. The van der Waals surface area contributed by atoms with Gasteiger partial charge >= 0.3 is 5.97 Å². The minimum Gasteiger partial charge on any atom is -0.648 e. The fraction of sp³-hybridized carbons (Fsp3) is 0.556. The summed E-state index contributed by atoms with van der Waals surface area (Å²) in [6.45, 7) is 2.39. The second-order valence-corrected chi connectivity index (χ2v) is 2.16. The second-order valence-electron chi connectivity index (χ2n) is 2.16.